The molecule has 0 radical (unpaired) electrons. The zero-order valence-electron chi connectivity index (χ0n) is 11.1. The van der Waals surface area contributed by atoms with Gasteiger partial charge in [-0.25, -0.2) is 0 Å². The minimum atomic E-state index is -1.10. The molecule has 0 fully saturated rings. The predicted octanol–water partition coefficient (Wildman–Crippen LogP) is -0.258. The third kappa shape index (κ3) is 4.90. The van der Waals surface area contributed by atoms with Crippen LogP contribution in [0.2, 0.25) is 0 Å². The Morgan fingerprint density at radius 2 is 2.10 bits per heavy atom. The summed E-state index contributed by atoms with van der Waals surface area (Å²) in [6.07, 6.45) is -1.10. The Balaban J connectivity index is 2.58. The molecule has 1 rings (SSSR count). The minimum absolute atomic E-state index is 0.0277. The van der Waals surface area contributed by atoms with Gasteiger partial charge in [-0.05, 0) is 13.0 Å². The highest BCUT2D eigenvalue weighted by Crippen LogP contribution is 2.12. The van der Waals surface area contributed by atoms with E-state index in [1.165, 1.54) is 25.1 Å². The van der Waals surface area contributed by atoms with Gasteiger partial charge in [0.1, 0.15) is 6.54 Å². The van der Waals surface area contributed by atoms with E-state index in [2.05, 4.69) is 10.1 Å². The number of rotatable bonds is 6. The molecule has 9 nitrogen and oxygen atoms in total. The van der Waals surface area contributed by atoms with Crippen LogP contribution in [0.1, 0.15) is 17.3 Å². The summed E-state index contributed by atoms with van der Waals surface area (Å²) in [5.74, 6) is -2.34. The lowest BCUT2D eigenvalue weighted by Gasteiger charge is -2.10. The van der Waals surface area contributed by atoms with Crippen molar-refractivity contribution in [2.45, 2.75) is 13.0 Å². The van der Waals surface area contributed by atoms with Gasteiger partial charge in [-0.15, -0.1) is 0 Å². The summed E-state index contributed by atoms with van der Waals surface area (Å²) in [5.41, 5.74) is 4.69. The van der Waals surface area contributed by atoms with E-state index in [-0.39, 0.29) is 11.3 Å². The quantitative estimate of drug-likeness (QED) is 0.420. The Kier molecular flexibility index (Phi) is 5.35. The van der Waals surface area contributed by atoms with Gasteiger partial charge in [-0.3, -0.25) is 24.5 Å². The third-order valence-electron chi connectivity index (χ3n) is 2.42. The molecule has 0 aliphatic heterocycles. The topological polar surface area (TPSA) is 142 Å². The van der Waals surface area contributed by atoms with Crippen molar-refractivity contribution in [3.63, 3.8) is 0 Å². The number of nitrogens with zero attached hydrogens (tertiary/aromatic N) is 1. The lowest BCUT2D eigenvalue weighted by atomic mass is 10.2. The average molecular weight is 295 g/mol. The highest BCUT2D eigenvalue weighted by atomic mass is 16.6. The van der Waals surface area contributed by atoms with Crippen molar-refractivity contribution >= 4 is 23.5 Å². The largest absolute Gasteiger partial charge is 0.451 e. The van der Waals surface area contributed by atoms with Crippen molar-refractivity contribution in [3.05, 3.63) is 39.9 Å². The fourth-order valence-electron chi connectivity index (χ4n) is 1.31. The standard InChI is InChI=1S/C12H13N3O6/c1-7(11(13)17)21-10(16)6-14-12(18)8-3-2-4-9(5-8)15(19)20/h2-5,7H,6H2,1H3,(H2,13,17)(H,14,18)/t7-/m1/s1. The molecule has 0 bridgehead atoms. The third-order valence-corrected chi connectivity index (χ3v) is 2.42. The second-order valence-corrected chi connectivity index (χ2v) is 4.02. The lowest BCUT2D eigenvalue weighted by molar-refractivity contribution is -0.384. The van der Waals surface area contributed by atoms with Crippen LogP contribution in [-0.2, 0) is 14.3 Å². The molecule has 0 unspecified atom stereocenters. The van der Waals surface area contributed by atoms with Crippen LogP contribution in [0, 0.1) is 10.1 Å². The van der Waals surface area contributed by atoms with Crippen molar-refractivity contribution in [2.24, 2.45) is 5.73 Å². The fraction of sp³-hybridized carbons (Fsp3) is 0.250. The molecule has 9 heteroatoms. The van der Waals surface area contributed by atoms with Gasteiger partial charge in [-0.2, -0.15) is 0 Å². The summed E-state index contributed by atoms with van der Waals surface area (Å²) < 4.78 is 4.62. The second kappa shape index (κ2) is 6.98. The van der Waals surface area contributed by atoms with Gasteiger partial charge in [0.15, 0.2) is 6.10 Å². The van der Waals surface area contributed by atoms with Crippen molar-refractivity contribution < 1.29 is 24.0 Å². The molecule has 0 aromatic heterocycles. The van der Waals surface area contributed by atoms with E-state index >= 15 is 0 Å². The van der Waals surface area contributed by atoms with Gasteiger partial charge in [0, 0.05) is 17.7 Å². The number of non-ortho nitro benzene ring substituents is 1. The van der Waals surface area contributed by atoms with Gasteiger partial charge in [0.25, 0.3) is 17.5 Å². The molecule has 0 saturated heterocycles. The number of primary amides is 1. The summed E-state index contributed by atoms with van der Waals surface area (Å²) in [7, 11) is 0. The van der Waals surface area contributed by atoms with Crippen molar-refractivity contribution in [1.82, 2.24) is 5.32 Å². The SMILES string of the molecule is C[C@@H](OC(=O)CNC(=O)c1cccc([N+](=O)[O-])c1)C(N)=O. The Labute approximate surface area is 119 Å². The highest BCUT2D eigenvalue weighted by Gasteiger charge is 2.16. The van der Waals surface area contributed by atoms with E-state index in [4.69, 9.17) is 5.73 Å². The Morgan fingerprint density at radius 1 is 1.43 bits per heavy atom. The Hall–Kier alpha value is -2.97. The van der Waals surface area contributed by atoms with Gasteiger partial charge in [0.05, 0.1) is 4.92 Å². The van der Waals surface area contributed by atoms with Gasteiger partial charge >= 0.3 is 5.97 Å². The first-order valence-electron chi connectivity index (χ1n) is 5.82. The number of hydrogen-bond acceptors (Lipinski definition) is 6. The number of carbonyl (C=O) groups is 3. The van der Waals surface area contributed by atoms with E-state index in [0.717, 1.165) is 6.07 Å². The van der Waals surface area contributed by atoms with E-state index in [9.17, 15) is 24.5 Å². The number of ether oxygens (including phenoxy) is 1. The first-order chi connectivity index (χ1) is 9.81. The second-order valence-electron chi connectivity index (χ2n) is 4.02. The number of esters is 1. The van der Waals surface area contributed by atoms with Crippen LogP contribution in [0.15, 0.2) is 24.3 Å². The molecule has 2 amide bonds. The van der Waals surface area contributed by atoms with E-state index in [0.29, 0.717) is 0 Å². The first-order valence-corrected chi connectivity index (χ1v) is 5.82. The lowest BCUT2D eigenvalue weighted by Crippen LogP contribution is -2.36. The molecule has 1 aromatic rings. The van der Waals surface area contributed by atoms with Crippen LogP contribution in [0.5, 0.6) is 0 Å². The van der Waals surface area contributed by atoms with Crippen LogP contribution in [-0.4, -0.2) is 35.4 Å². The summed E-state index contributed by atoms with van der Waals surface area (Å²) in [5, 5.41) is 12.8. The van der Waals surface area contributed by atoms with E-state index < -0.39 is 35.4 Å². The first kappa shape index (κ1) is 16.1. The normalized spacial score (nSPS) is 11.3. The smallest absolute Gasteiger partial charge is 0.326 e. The fourth-order valence-corrected chi connectivity index (χ4v) is 1.31. The van der Waals surface area contributed by atoms with Gasteiger partial charge in [-0.1, -0.05) is 6.07 Å². The van der Waals surface area contributed by atoms with Crippen molar-refractivity contribution in [1.29, 1.82) is 0 Å². The van der Waals surface area contributed by atoms with Crippen LogP contribution >= 0.6 is 0 Å². The maximum Gasteiger partial charge on any atom is 0.326 e. The number of hydrogen-bond donors (Lipinski definition) is 2. The van der Waals surface area contributed by atoms with Crippen LogP contribution in [0.25, 0.3) is 0 Å². The summed E-state index contributed by atoms with van der Waals surface area (Å²) >= 11 is 0. The number of carbonyl (C=O) groups excluding carboxylic acids is 3. The molecule has 21 heavy (non-hydrogen) atoms. The van der Waals surface area contributed by atoms with Crippen LogP contribution in [0.4, 0.5) is 5.69 Å². The summed E-state index contributed by atoms with van der Waals surface area (Å²) in [6, 6.07) is 5.02. The number of nitrogens with two attached hydrogens (primary N) is 1. The highest BCUT2D eigenvalue weighted by molar-refractivity contribution is 5.96. The molecular formula is C12H13N3O6. The molecular weight excluding hydrogens is 282 g/mol. The molecule has 0 aliphatic rings. The molecule has 3 N–H and O–H groups in total. The summed E-state index contributed by atoms with van der Waals surface area (Å²) in [6.45, 7) is 0.807. The zero-order chi connectivity index (χ0) is 16.0. The monoisotopic (exact) mass is 295 g/mol. The van der Waals surface area contributed by atoms with Crippen molar-refractivity contribution in [3.8, 4) is 0 Å². The molecule has 0 saturated carbocycles. The number of nitrogens with one attached hydrogen (secondary N) is 1. The maximum atomic E-state index is 11.7. The molecule has 0 aliphatic carbocycles. The van der Waals surface area contributed by atoms with Gasteiger partial charge < -0.3 is 15.8 Å². The zero-order valence-corrected chi connectivity index (χ0v) is 11.1. The number of benzene rings is 1. The average Bonchev–Trinajstić information content (AvgIpc) is 2.44. The number of nitro groups is 1. The molecule has 0 heterocycles. The van der Waals surface area contributed by atoms with Crippen LogP contribution < -0.4 is 11.1 Å². The van der Waals surface area contributed by atoms with E-state index in [1.807, 2.05) is 0 Å². The molecule has 112 valence electrons. The number of nitro benzene ring substituents is 1. The molecule has 1 atom stereocenters. The Morgan fingerprint density at radius 3 is 2.67 bits per heavy atom. The predicted molar refractivity (Wildman–Crippen MR) is 70.2 cm³/mol. The van der Waals surface area contributed by atoms with Crippen molar-refractivity contribution in [2.75, 3.05) is 6.54 Å². The number of amides is 2. The summed E-state index contributed by atoms with van der Waals surface area (Å²) in [4.78, 5) is 43.7. The Bertz CT molecular complexity index is 586. The molecule has 0 spiro atoms. The van der Waals surface area contributed by atoms with Gasteiger partial charge in [0.2, 0.25) is 0 Å². The molecule has 1 aromatic carbocycles. The van der Waals surface area contributed by atoms with E-state index in [1.54, 1.807) is 0 Å². The van der Waals surface area contributed by atoms with Crippen LogP contribution in [0.3, 0.4) is 0 Å². The maximum absolute atomic E-state index is 11.7. The minimum Gasteiger partial charge on any atom is -0.451 e.